The molecule has 5 aromatic rings. The summed E-state index contributed by atoms with van der Waals surface area (Å²) < 4.78 is 0. The van der Waals surface area contributed by atoms with E-state index in [9.17, 15) is 0 Å². The first-order chi connectivity index (χ1) is 11.9. The van der Waals surface area contributed by atoms with E-state index >= 15 is 0 Å². The number of benzene rings is 1. The minimum absolute atomic E-state index is 0.644. The lowest BCUT2D eigenvalue weighted by molar-refractivity contribution is 1.09. The molecule has 4 aromatic heterocycles. The maximum atomic E-state index is 4.63. The largest absolute Gasteiger partial charge is 0.337 e. The van der Waals surface area contributed by atoms with E-state index in [1.54, 1.807) is 18.6 Å². The summed E-state index contributed by atoms with van der Waals surface area (Å²) in [5.41, 5.74) is 5.19. The molecule has 0 aliphatic carbocycles. The average molecular weight is 313 g/mol. The molecule has 0 aliphatic rings. The Morgan fingerprint density at radius 3 is 2.67 bits per heavy atom. The highest BCUT2D eigenvalue weighted by atomic mass is 15.2. The molecule has 2 N–H and O–H groups in total. The summed E-state index contributed by atoms with van der Waals surface area (Å²) in [5.74, 6) is 0.738. The highest BCUT2D eigenvalue weighted by molar-refractivity contribution is 5.93. The first-order valence-electron chi connectivity index (χ1n) is 7.43. The van der Waals surface area contributed by atoms with Crippen LogP contribution in [0.1, 0.15) is 0 Å². The number of hydrogen-bond donors (Lipinski definition) is 2. The van der Waals surface area contributed by atoms with E-state index in [0.29, 0.717) is 5.65 Å². The van der Waals surface area contributed by atoms with E-state index in [2.05, 4.69) is 35.1 Å². The Kier molecular flexibility index (Phi) is 2.66. The van der Waals surface area contributed by atoms with Crippen LogP contribution < -0.4 is 0 Å². The van der Waals surface area contributed by atoms with Crippen molar-refractivity contribution in [3.05, 3.63) is 55.2 Å². The van der Waals surface area contributed by atoms with Crippen molar-refractivity contribution in [3.63, 3.8) is 0 Å². The van der Waals surface area contributed by atoms with E-state index < -0.39 is 0 Å². The molecule has 0 unspecified atom stereocenters. The van der Waals surface area contributed by atoms with Crippen LogP contribution >= 0.6 is 0 Å². The van der Waals surface area contributed by atoms with Crippen molar-refractivity contribution in [2.75, 3.05) is 0 Å². The van der Waals surface area contributed by atoms with Gasteiger partial charge in [-0.25, -0.2) is 19.9 Å². The van der Waals surface area contributed by atoms with Gasteiger partial charge in [0.25, 0.3) is 0 Å². The fourth-order valence-corrected chi connectivity index (χ4v) is 2.76. The minimum Gasteiger partial charge on any atom is -0.337 e. The number of H-pyrrole nitrogens is 2. The average Bonchev–Trinajstić information content (AvgIpc) is 3.25. The molecule has 0 aliphatic heterocycles. The Hall–Kier alpha value is -3.61. The second-order valence-corrected chi connectivity index (χ2v) is 5.42. The molecule has 5 rings (SSSR count). The number of imidazole rings is 1. The molecule has 0 spiro atoms. The summed E-state index contributed by atoms with van der Waals surface area (Å²) in [4.78, 5) is 20.5. The summed E-state index contributed by atoms with van der Waals surface area (Å²) in [6, 6.07) is 9.93. The molecule has 0 saturated heterocycles. The number of para-hydroxylation sites is 2. The first-order valence-corrected chi connectivity index (χ1v) is 7.43. The monoisotopic (exact) mass is 313 g/mol. The quantitative estimate of drug-likeness (QED) is 0.522. The molecular weight excluding hydrogens is 302 g/mol. The highest BCUT2D eigenvalue weighted by Gasteiger charge is 2.13. The van der Waals surface area contributed by atoms with Crippen LogP contribution in [0, 0.1) is 0 Å². The van der Waals surface area contributed by atoms with Gasteiger partial charge in [-0.3, -0.25) is 5.10 Å². The summed E-state index contributed by atoms with van der Waals surface area (Å²) in [6.07, 6.45) is 6.80. The van der Waals surface area contributed by atoms with Gasteiger partial charge in [0.15, 0.2) is 11.5 Å². The molecule has 0 amide bonds. The topological polar surface area (TPSA) is 96.0 Å². The normalized spacial score (nSPS) is 11.3. The predicted molar refractivity (Wildman–Crippen MR) is 90.0 cm³/mol. The number of aromatic nitrogens is 7. The molecule has 114 valence electrons. The van der Waals surface area contributed by atoms with E-state index in [-0.39, 0.29) is 0 Å². The molecule has 4 heterocycles. The molecular formula is C17H11N7. The lowest BCUT2D eigenvalue weighted by Gasteiger charge is -2.00. The molecule has 24 heavy (non-hydrogen) atoms. The molecule has 1 aromatic carbocycles. The van der Waals surface area contributed by atoms with Gasteiger partial charge < -0.3 is 4.98 Å². The molecule has 0 atom stereocenters. The maximum Gasteiger partial charge on any atom is 0.181 e. The SMILES string of the molecule is c1ccc2[nH]c(-c3[nH]nc4ncc(-c5cncnc5)cc34)nc2c1. The smallest absolute Gasteiger partial charge is 0.181 e. The van der Waals surface area contributed by atoms with Crippen molar-refractivity contribution >= 4 is 22.1 Å². The van der Waals surface area contributed by atoms with Crippen LogP contribution in [0.25, 0.3) is 44.7 Å². The second-order valence-electron chi connectivity index (χ2n) is 5.42. The third-order valence-electron chi connectivity index (χ3n) is 3.93. The van der Waals surface area contributed by atoms with Crippen LogP contribution in [0.5, 0.6) is 0 Å². The zero-order valence-corrected chi connectivity index (χ0v) is 12.4. The number of nitrogens with zero attached hydrogens (tertiary/aromatic N) is 5. The van der Waals surface area contributed by atoms with Gasteiger partial charge >= 0.3 is 0 Å². The fraction of sp³-hybridized carbons (Fsp3) is 0. The summed E-state index contributed by atoms with van der Waals surface area (Å²) in [6.45, 7) is 0. The molecule has 7 nitrogen and oxygen atoms in total. The zero-order valence-electron chi connectivity index (χ0n) is 12.4. The summed E-state index contributed by atoms with van der Waals surface area (Å²) >= 11 is 0. The number of nitrogens with one attached hydrogen (secondary N) is 2. The van der Waals surface area contributed by atoms with Crippen LogP contribution in [0.3, 0.4) is 0 Å². The fourth-order valence-electron chi connectivity index (χ4n) is 2.76. The number of aromatic amines is 2. The van der Waals surface area contributed by atoms with Gasteiger partial charge in [-0.15, -0.1) is 0 Å². The minimum atomic E-state index is 0.644. The first kappa shape index (κ1) is 12.9. The van der Waals surface area contributed by atoms with Crippen molar-refractivity contribution in [2.45, 2.75) is 0 Å². The zero-order chi connectivity index (χ0) is 15.9. The lowest BCUT2D eigenvalue weighted by atomic mass is 10.1. The van der Waals surface area contributed by atoms with Gasteiger partial charge in [0.1, 0.15) is 12.0 Å². The predicted octanol–water partition coefficient (Wildman–Crippen LogP) is 2.96. The maximum absolute atomic E-state index is 4.63. The van der Waals surface area contributed by atoms with Crippen molar-refractivity contribution in [1.29, 1.82) is 0 Å². The highest BCUT2D eigenvalue weighted by Crippen LogP contribution is 2.28. The third-order valence-corrected chi connectivity index (χ3v) is 3.93. The van der Waals surface area contributed by atoms with Crippen LogP contribution in [0.4, 0.5) is 0 Å². The van der Waals surface area contributed by atoms with Gasteiger partial charge in [-0.2, -0.15) is 5.10 Å². The standard InChI is InChI=1S/C17H11N7/c1-2-4-14-13(3-1)21-17(22-14)15-12-5-10(8-20-16(12)24-23-15)11-6-18-9-19-7-11/h1-9H,(H,21,22)(H,20,23,24). The number of pyridine rings is 1. The van der Waals surface area contributed by atoms with Gasteiger partial charge in [-0.05, 0) is 18.2 Å². The Morgan fingerprint density at radius 1 is 0.917 bits per heavy atom. The van der Waals surface area contributed by atoms with E-state index in [1.807, 2.05) is 30.3 Å². The Morgan fingerprint density at radius 2 is 1.79 bits per heavy atom. The number of rotatable bonds is 2. The van der Waals surface area contributed by atoms with Gasteiger partial charge in [-0.1, -0.05) is 12.1 Å². The van der Waals surface area contributed by atoms with Crippen LogP contribution in [-0.4, -0.2) is 35.1 Å². The number of fused-ring (bicyclic) bond motifs is 2. The van der Waals surface area contributed by atoms with Crippen molar-refractivity contribution in [3.8, 4) is 22.6 Å². The van der Waals surface area contributed by atoms with Crippen molar-refractivity contribution in [1.82, 2.24) is 35.1 Å². The Bertz CT molecular complexity index is 1120. The lowest BCUT2D eigenvalue weighted by Crippen LogP contribution is -1.85. The van der Waals surface area contributed by atoms with Gasteiger partial charge in [0.05, 0.1) is 16.4 Å². The van der Waals surface area contributed by atoms with E-state index in [4.69, 9.17) is 0 Å². The van der Waals surface area contributed by atoms with Gasteiger partial charge in [0, 0.05) is 29.7 Å². The Balaban J connectivity index is 1.71. The van der Waals surface area contributed by atoms with Gasteiger partial charge in [0.2, 0.25) is 0 Å². The second kappa shape index (κ2) is 4.95. The van der Waals surface area contributed by atoms with Crippen LogP contribution in [-0.2, 0) is 0 Å². The Labute approximate surface area is 135 Å². The molecule has 0 saturated carbocycles. The van der Waals surface area contributed by atoms with E-state index in [1.165, 1.54) is 6.33 Å². The number of hydrogen-bond acceptors (Lipinski definition) is 5. The van der Waals surface area contributed by atoms with Crippen LogP contribution in [0.2, 0.25) is 0 Å². The van der Waals surface area contributed by atoms with Crippen molar-refractivity contribution in [2.24, 2.45) is 0 Å². The molecule has 0 radical (unpaired) electrons. The summed E-state index contributed by atoms with van der Waals surface area (Å²) in [5, 5.41) is 8.20. The van der Waals surface area contributed by atoms with Crippen molar-refractivity contribution < 1.29 is 0 Å². The molecule has 7 heteroatoms. The third kappa shape index (κ3) is 1.95. The molecule has 0 bridgehead atoms. The summed E-state index contributed by atoms with van der Waals surface area (Å²) in [7, 11) is 0. The molecule has 0 fully saturated rings. The van der Waals surface area contributed by atoms with Crippen LogP contribution in [0.15, 0.2) is 55.2 Å². The van der Waals surface area contributed by atoms with E-state index in [0.717, 1.165) is 39.1 Å².